The first-order chi connectivity index (χ1) is 11.3. The molecule has 2 N–H and O–H groups in total. The molecular formula is C19H19Cl2NO2. The molecule has 1 aliphatic rings. The standard InChI is InChI=1S/C19H19Cl2NO2/c1-19(2)8-7-13-9-11(12-4-6-15(20)16(21)10-12)3-5-14(13)17(19)22-18(23)24/h3-6,9-10,17,22H,7-8H2,1-2H3,(H,23,24). The van der Waals surface area contributed by atoms with E-state index in [0.717, 1.165) is 29.5 Å². The first kappa shape index (κ1) is 17.1. The molecule has 0 aliphatic heterocycles. The van der Waals surface area contributed by atoms with Crippen molar-refractivity contribution in [3.63, 3.8) is 0 Å². The highest BCUT2D eigenvalue weighted by atomic mass is 35.5. The van der Waals surface area contributed by atoms with Crippen LogP contribution < -0.4 is 5.32 Å². The number of carboxylic acid groups (broad SMARTS) is 1. The Kier molecular flexibility index (Phi) is 4.50. The van der Waals surface area contributed by atoms with E-state index in [0.29, 0.717) is 10.0 Å². The van der Waals surface area contributed by atoms with Crippen LogP contribution >= 0.6 is 23.2 Å². The fourth-order valence-electron chi connectivity index (χ4n) is 3.38. The van der Waals surface area contributed by atoms with Gasteiger partial charge in [-0.15, -0.1) is 0 Å². The van der Waals surface area contributed by atoms with Gasteiger partial charge >= 0.3 is 6.09 Å². The molecule has 3 rings (SSSR count). The molecule has 5 heteroatoms. The Hall–Kier alpha value is -1.71. The number of benzene rings is 2. The van der Waals surface area contributed by atoms with Crippen LogP contribution in [0.4, 0.5) is 4.79 Å². The van der Waals surface area contributed by atoms with Gasteiger partial charge in [0, 0.05) is 0 Å². The van der Waals surface area contributed by atoms with Crippen molar-refractivity contribution in [1.82, 2.24) is 5.32 Å². The highest BCUT2D eigenvalue weighted by Crippen LogP contribution is 2.44. The highest BCUT2D eigenvalue weighted by Gasteiger charge is 2.37. The SMILES string of the molecule is CC1(C)CCc2cc(-c3ccc(Cl)c(Cl)c3)ccc2C1NC(=O)O. The topological polar surface area (TPSA) is 49.3 Å². The fourth-order valence-corrected chi connectivity index (χ4v) is 3.68. The third kappa shape index (κ3) is 3.24. The minimum Gasteiger partial charge on any atom is -0.465 e. The second kappa shape index (κ2) is 6.30. The lowest BCUT2D eigenvalue weighted by molar-refractivity contribution is 0.161. The van der Waals surface area contributed by atoms with Crippen LogP contribution in [0.3, 0.4) is 0 Å². The van der Waals surface area contributed by atoms with Crippen LogP contribution in [0.25, 0.3) is 11.1 Å². The Balaban J connectivity index is 2.02. The maximum atomic E-state index is 11.2. The van der Waals surface area contributed by atoms with Crippen LogP contribution in [0.5, 0.6) is 0 Å². The van der Waals surface area contributed by atoms with Crippen molar-refractivity contribution in [3.8, 4) is 11.1 Å². The zero-order valence-electron chi connectivity index (χ0n) is 13.6. The molecule has 0 saturated carbocycles. The number of nitrogens with one attached hydrogen (secondary N) is 1. The third-order valence-electron chi connectivity index (χ3n) is 4.79. The summed E-state index contributed by atoms with van der Waals surface area (Å²) < 4.78 is 0. The molecule has 1 unspecified atom stereocenters. The number of hydrogen-bond acceptors (Lipinski definition) is 1. The maximum Gasteiger partial charge on any atom is 0.405 e. The molecule has 2 aromatic rings. The molecule has 0 saturated heterocycles. The molecule has 126 valence electrons. The second-order valence-corrected chi connectivity index (χ2v) is 7.73. The molecule has 24 heavy (non-hydrogen) atoms. The van der Waals surface area contributed by atoms with Gasteiger partial charge in [0.25, 0.3) is 0 Å². The Bertz CT molecular complexity index is 802. The van der Waals surface area contributed by atoms with Gasteiger partial charge in [-0.3, -0.25) is 0 Å². The molecule has 3 nitrogen and oxygen atoms in total. The summed E-state index contributed by atoms with van der Waals surface area (Å²) in [5.41, 5.74) is 4.17. The van der Waals surface area contributed by atoms with Crippen LogP contribution in [-0.4, -0.2) is 11.2 Å². The Morgan fingerprint density at radius 1 is 1.12 bits per heavy atom. The highest BCUT2D eigenvalue weighted by molar-refractivity contribution is 6.42. The molecule has 1 aliphatic carbocycles. The molecule has 0 fully saturated rings. The molecule has 0 spiro atoms. The average molecular weight is 364 g/mol. The number of rotatable bonds is 2. The van der Waals surface area contributed by atoms with Crippen LogP contribution in [0.2, 0.25) is 10.0 Å². The Morgan fingerprint density at radius 2 is 1.79 bits per heavy atom. The predicted molar refractivity (Wildman–Crippen MR) is 97.9 cm³/mol. The molecule has 0 radical (unpaired) electrons. The summed E-state index contributed by atoms with van der Waals surface area (Å²) in [6.07, 6.45) is 0.861. The number of fused-ring (bicyclic) bond motifs is 1. The van der Waals surface area contributed by atoms with Gasteiger partial charge in [-0.1, -0.05) is 61.3 Å². The molecule has 0 heterocycles. The zero-order chi connectivity index (χ0) is 17.5. The van der Waals surface area contributed by atoms with E-state index >= 15 is 0 Å². The summed E-state index contributed by atoms with van der Waals surface area (Å²) in [5.74, 6) is 0. The Morgan fingerprint density at radius 3 is 2.46 bits per heavy atom. The summed E-state index contributed by atoms with van der Waals surface area (Å²) in [7, 11) is 0. The number of amides is 1. The fraction of sp³-hybridized carbons (Fsp3) is 0.316. The average Bonchev–Trinajstić information content (AvgIpc) is 2.52. The summed E-state index contributed by atoms with van der Waals surface area (Å²) in [6, 6.07) is 11.5. The van der Waals surface area contributed by atoms with E-state index in [1.54, 1.807) is 6.07 Å². The van der Waals surface area contributed by atoms with E-state index in [1.165, 1.54) is 5.56 Å². The molecule has 2 aromatic carbocycles. The van der Waals surface area contributed by atoms with Gasteiger partial charge < -0.3 is 10.4 Å². The second-order valence-electron chi connectivity index (χ2n) is 6.91. The van der Waals surface area contributed by atoms with Crippen LogP contribution in [0.15, 0.2) is 36.4 Å². The first-order valence-electron chi connectivity index (χ1n) is 7.85. The quantitative estimate of drug-likeness (QED) is 0.693. The summed E-state index contributed by atoms with van der Waals surface area (Å²) in [5, 5.41) is 12.9. The summed E-state index contributed by atoms with van der Waals surface area (Å²) in [6.45, 7) is 4.20. The number of hydrogen-bond donors (Lipinski definition) is 2. The molecule has 0 aromatic heterocycles. The van der Waals surface area contributed by atoms with E-state index in [-0.39, 0.29) is 11.5 Å². The lowest BCUT2D eigenvalue weighted by Crippen LogP contribution is -2.40. The number of halogens is 2. The van der Waals surface area contributed by atoms with Gasteiger partial charge in [0.2, 0.25) is 0 Å². The van der Waals surface area contributed by atoms with E-state index < -0.39 is 6.09 Å². The monoisotopic (exact) mass is 363 g/mol. The zero-order valence-corrected chi connectivity index (χ0v) is 15.1. The normalized spacial score (nSPS) is 18.8. The van der Waals surface area contributed by atoms with E-state index in [9.17, 15) is 9.90 Å². The molecule has 1 amide bonds. The van der Waals surface area contributed by atoms with E-state index in [4.69, 9.17) is 23.2 Å². The van der Waals surface area contributed by atoms with Crippen molar-refractivity contribution < 1.29 is 9.90 Å². The maximum absolute atomic E-state index is 11.2. The minimum absolute atomic E-state index is 0.115. The lowest BCUT2D eigenvalue weighted by Gasteiger charge is -2.40. The van der Waals surface area contributed by atoms with Gasteiger partial charge in [0.05, 0.1) is 16.1 Å². The lowest BCUT2D eigenvalue weighted by atomic mass is 9.70. The van der Waals surface area contributed by atoms with Crippen molar-refractivity contribution in [3.05, 3.63) is 57.6 Å². The number of aryl methyl sites for hydroxylation is 1. The van der Waals surface area contributed by atoms with Gasteiger partial charge in [-0.2, -0.15) is 0 Å². The largest absolute Gasteiger partial charge is 0.465 e. The third-order valence-corrected chi connectivity index (χ3v) is 5.53. The van der Waals surface area contributed by atoms with Crippen molar-refractivity contribution in [1.29, 1.82) is 0 Å². The van der Waals surface area contributed by atoms with Crippen LogP contribution in [0, 0.1) is 5.41 Å². The molecular weight excluding hydrogens is 345 g/mol. The Labute approximate surface area is 151 Å². The van der Waals surface area contributed by atoms with Crippen LogP contribution in [0.1, 0.15) is 37.4 Å². The van der Waals surface area contributed by atoms with Gasteiger partial charge in [0.1, 0.15) is 0 Å². The van der Waals surface area contributed by atoms with Crippen molar-refractivity contribution >= 4 is 29.3 Å². The summed E-state index contributed by atoms with van der Waals surface area (Å²) in [4.78, 5) is 11.2. The van der Waals surface area contributed by atoms with Crippen molar-refractivity contribution in [2.24, 2.45) is 5.41 Å². The van der Waals surface area contributed by atoms with Crippen LogP contribution in [-0.2, 0) is 6.42 Å². The molecule has 0 bridgehead atoms. The van der Waals surface area contributed by atoms with Crippen molar-refractivity contribution in [2.75, 3.05) is 0 Å². The first-order valence-corrected chi connectivity index (χ1v) is 8.61. The van der Waals surface area contributed by atoms with E-state index in [1.807, 2.05) is 24.3 Å². The van der Waals surface area contributed by atoms with E-state index in [2.05, 4.69) is 25.2 Å². The van der Waals surface area contributed by atoms with Gasteiger partial charge in [-0.05, 0) is 52.6 Å². The van der Waals surface area contributed by atoms with Gasteiger partial charge in [0.15, 0.2) is 0 Å². The summed E-state index contributed by atoms with van der Waals surface area (Å²) >= 11 is 12.1. The smallest absolute Gasteiger partial charge is 0.405 e. The number of carbonyl (C=O) groups is 1. The van der Waals surface area contributed by atoms with Gasteiger partial charge in [-0.25, -0.2) is 4.79 Å². The molecule has 1 atom stereocenters. The minimum atomic E-state index is -0.991. The predicted octanol–water partition coefficient (Wildman–Crippen LogP) is 5.94. The van der Waals surface area contributed by atoms with Crippen molar-refractivity contribution in [2.45, 2.75) is 32.7 Å².